The summed E-state index contributed by atoms with van der Waals surface area (Å²) in [5.74, 6) is 5.00. The lowest BCUT2D eigenvalue weighted by atomic mass is 10.0. The molecule has 0 aromatic heterocycles. The Morgan fingerprint density at radius 3 is 0.875 bits per heavy atom. The SMILES string of the molecule is COc1ccccc1Sc1ccc(-c2cccc(Sc3ccc(Sc4ccc(Sc5ccc(Sc6cccc(-c7ccc(Sc8ccccc8OC)cc7)c6OC)cc5OC)cc4)c(OC)c3)c2OC)cc1. The summed E-state index contributed by atoms with van der Waals surface area (Å²) >= 11 is 10.0. The molecule has 0 saturated heterocycles. The maximum atomic E-state index is 6.05. The van der Waals surface area contributed by atoms with Crippen molar-refractivity contribution in [3.8, 4) is 56.8 Å². The molecule has 0 spiro atoms. The van der Waals surface area contributed by atoms with E-state index in [1.165, 1.54) is 0 Å². The molecule has 0 bridgehead atoms. The third-order valence-corrected chi connectivity index (χ3v) is 17.6. The summed E-state index contributed by atoms with van der Waals surface area (Å²) in [5.41, 5.74) is 4.23. The number of rotatable bonds is 20. The number of hydrogen-bond acceptors (Lipinski definition) is 12. The lowest BCUT2D eigenvalue weighted by molar-refractivity contribution is 0.403. The number of ether oxygens (including phenoxy) is 6. The van der Waals surface area contributed by atoms with Gasteiger partial charge in [-0.2, -0.15) is 0 Å². The van der Waals surface area contributed by atoms with Crippen molar-refractivity contribution in [3.05, 3.63) is 194 Å². The number of hydrogen-bond donors (Lipinski definition) is 0. The van der Waals surface area contributed by atoms with Gasteiger partial charge in [0, 0.05) is 40.5 Å². The lowest BCUT2D eigenvalue weighted by Gasteiger charge is -2.15. The van der Waals surface area contributed by atoms with Gasteiger partial charge in [-0.3, -0.25) is 0 Å². The van der Waals surface area contributed by atoms with Crippen LogP contribution < -0.4 is 28.4 Å². The van der Waals surface area contributed by atoms with Crippen LogP contribution in [0, 0.1) is 0 Å². The molecule has 0 heterocycles. The van der Waals surface area contributed by atoms with Crippen molar-refractivity contribution in [2.45, 2.75) is 58.7 Å². The minimum atomic E-state index is 0.808. The van der Waals surface area contributed by atoms with Crippen LogP contribution in [0.1, 0.15) is 0 Å². The molecule has 12 heteroatoms. The minimum Gasteiger partial charge on any atom is -0.496 e. The van der Waals surface area contributed by atoms with Gasteiger partial charge in [0.05, 0.1) is 72.0 Å². The summed E-state index contributed by atoms with van der Waals surface area (Å²) in [6.45, 7) is 0. The fourth-order valence-electron chi connectivity index (χ4n) is 7.81. The van der Waals surface area contributed by atoms with Crippen molar-refractivity contribution >= 4 is 70.6 Å². The standard InChI is InChI=1S/C60H50O6S6/c1-61-49-15-7-9-17-53(49)67-41-25-21-39(22-26-41)47-13-11-19-57(59(47)65-5)71-45-33-35-55(51(37-45)63-3)69-43-29-31-44(32-30-43)70-56-36-34-46(38-52(56)64-4)72-58-20-12-14-48(60(58)66-6)40-23-27-42(28-24-40)68-54-18-10-8-16-50(54)62-2/h7-38H,1-6H3. The predicted molar refractivity (Wildman–Crippen MR) is 300 cm³/mol. The van der Waals surface area contributed by atoms with Gasteiger partial charge in [-0.25, -0.2) is 0 Å². The second-order valence-corrected chi connectivity index (χ2v) is 22.4. The highest BCUT2D eigenvalue weighted by Gasteiger charge is 2.17. The van der Waals surface area contributed by atoms with Crippen LogP contribution in [0.3, 0.4) is 0 Å². The van der Waals surface area contributed by atoms with Crippen molar-refractivity contribution in [3.63, 3.8) is 0 Å². The predicted octanol–water partition coefficient (Wildman–Crippen LogP) is 18.0. The third kappa shape index (κ3) is 12.2. The Morgan fingerprint density at radius 1 is 0.236 bits per heavy atom. The first kappa shape index (κ1) is 50.8. The minimum absolute atomic E-state index is 0.808. The van der Waals surface area contributed by atoms with E-state index < -0.39 is 0 Å². The Balaban J connectivity index is 0.833. The topological polar surface area (TPSA) is 55.4 Å². The van der Waals surface area contributed by atoms with Gasteiger partial charge in [0.15, 0.2) is 0 Å². The zero-order valence-electron chi connectivity index (χ0n) is 40.4. The van der Waals surface area contributed by atoms with Gasteiger partial charge < -0.3 is 28.4 Å². The molecule has 9 aromatic carbocycles. The van der Waals surface area contributed by atoms with Crippen LogP contribution in [-0.2, 0) is 0 Å². The van der Waals surface area contributed by atoms with Crippen LogP contribution in [0.4, 0.5) is 0 Å². The van der Waals surface area contributed by atoms with E-state index in [1.807, 2.05) is 36.4 Å². The van der Waals surface area contributed by atoms with Crippen molar-refractivity contribution in [1.82, 2.24) is 0 Å². The van der Waals surface area contributed by atoms with Gasteiger partial charge in [0.2, 0.25) is 0 Å². The first-order valence-electron chi connectivity index (χ1n) is 22.7. The number of benzene rings is 9. The summed E-state index contributed by atoms with van der Waals surface area (Å²) in [4.78, 5) is 12.8. The van der Waals surface area contributed by atoms with Gasteiger partial charge in [-0.15, -0.1) is 0 Å². The van der Waals surface area contributed by atoms with Gasteiger partial charge in [0.25, 0.3) is 0 Å². The fourth-order valence-corrected chi connectivity index (χ4v) is 13.4. The van der Waals surface area contributed by atoms with Crippen LogP contribution in [0.15, 0.2) is 253 Å². The van der Waals surface area contributed by atoms with E-state index in [-0.39, 0.29) is 0 Å². The summed E-state index contributed by atoms with van der Waals surface area (Å²) in [5, 5.41) is 0. The van der Waals surface area contributed by atoms with Gasteiger partial charge in [-0.05, 0) is 132 Å². The van der Waals surface area contributed by atoms with E-state index in [2.05, 4.69) is 158 Å². The maximum Gasteiger partial charge on any atom is 0.140 e. The Labute approximate surface area is 447 Å². The third-order valence-electron chi connectivity index (χ3n) is 11.3. The molecule has 0 saturated carbocycles. The smallest absolute Gasteiger partial charge is 0.140 e. The Kier molecular flexibility index (Phi) is 17.3. The molecule has 0 N–H and O–H groups in total. The molecule has 0 atom stereocenters. The van der Waals surface area contributed by atoms with Crippen molar-refractivity contribution in [2.24, 2.45) is 0 Å². The van der Waals surface area contributed by atoms with E-state index in [4.69, 9.17) is 28.4 Å². The molecule has 0 unspecified atom stereocenters. The molecule has 0 amide bonds. The highest BCUT2D eigenvalue weighted by atomic mass is 32.2. The van der Waals surface area contributed by atoms with Crippen LogP contribution in [0.25, 0.3) is 22.3 Å². The van der Waals surface area contributed by atoms with Crippen molar-refractivity contribution in [2.75, 3.05) is 42.7 Å². The molecule has 0 aliphatic carbocycles. The van der Waals surface area contributed by atoms with Crippen LogP contribution in [0.5, 0.6) is 34.5 Å². The van der Waals surface area contributed by atoms with Gasteiger partial charge in [0.1, 0.15) is 34.5 Å². The van der Waals surface area contributed by atoms with Crippen molar-refractivity contribution < 1.29 is 28.4 Å². The Hall–Kier alpha value is -6.12. The average molecular weight is 1060 g/mol. The molecule has 72 heavy (non-hydrogen) atoms. The molecule has 0 radical (unpaired) electrons. The molecule has 362 valence electrons. The highest BCUT2D eigenvalue weighted by Crippen LogP contribution is 2.47. The van der Waals surface area contributed by atoms with E-state index in [9.17, 15) is 0 Å². The fraction of sp³-hybridized carbons (Fsp3) is 0.100. The summed E-state index contributed by atoms with van der Waals surface area (Å²) in [6, 6.07) is 67.1. The zero-order valence-corrected chi connectivity index (χ0v) is 45.3. The normalized spacial score (nSPS) is 11.0. The molecule has 0 aliphatic heterocycles. The lowest BCUT2D eigenvalue weighted by Crippen LogP contribution is -1.92. The summed E-state index contributed by atoms with van der Waals surface area (Å²) < 4.78 is 35.1. The van der Waals surface area contributed by atoms with E-state index in [0.717, 1.165) is 115 Å². The highest BCUT2D eigenvalue weighted by molar-refractivity contribution is 8.01. The zero-order chi connectivity index (χ0) is 49.8. The average Bonchev–Trinajstić information content (AvgIpc) is 3.42. The number of methoxy groups -OCH3 is 6. The second-order valence-electron chi connectivity index (χ2n) is 15.7. The van der Waals surface area contributed by atoms with E-state index in [1.54, 1.807) is 113 Å². The van der Waals surface area contributed by atoms with Crippen molar-refractivity contribution in [1.29, 1.82) is 0 Å². The molecule has 0 aliphatic rings. The van der Waals surface area contributed by atoms with Crippen LogP contribution in [-0.4, -0.2) is 42.7 Å². The molecule has 9 aromatic rings. The number of para-hydroxylation sites is 4. The van der Waals surface area contributed by atoms with Crippen LogP contribution >= 0.6 is 70.6 Å². The molecular weight excluding hydrogens is 1010 g/mol. The molecule has 6 nitrogen and oxygen atoms in total. The molecule has 0 fully saturated rings. The second kappa shape index (κ2) is 24.5. The van der Waals surface area contributed by atoms with Crippen LogP contribution in [0.2, 0.25) is 0 Å². The summed E-state index contributed by atoms with van der Waals surface area (Å²) in [6.07, 6.45) is 0. The summed E-state index contributed by atoms with van der Waals surface area (Å²) in [7, 11) is 10.3. The molecular formula is C60H50O6S6. The Morgan fingerprint density at radius 2 is 0.528 bits per heavy atom. The largest absolute Gasteiger partial charge is 0.496 e. The van der Waals surface area contributed by atoms with Gasteiger partial charge in [-0.1, -0.05) is 143 Å². The van der Waals surface area contributed by atoms with Gasteiger partial charge >= 0.3 is 0 Å². The van der Waals surface area contributed by atoms with E-state index >= 15 is 0 Å². The quantitative estimate of drug-likeness (QED) is 0.0731. The monoisotopic (exact) mass is 1060 g/mol. The maximum absolute atomic E-state index is 6.05. The van der Waals surface area contributed by atoms with E-state index in [0.29, 0.717) is 0 Å². The Bertz CT molecular complexity index is 3060. The first-order chi connectivity index (χ1) is 35.4. The first-order valence-corrected chi connectivity index (χ1v) is 27.6. The molecule has 9 rings (SSSR count).